The van der Waals surface area contributed by atoms with E-state index in [0.29, 0.717) is 6.61 Å². The molecule has 0 amide bonds. The van der Waals surface area contributed by atoms with Crippen molar-refractivity contribution >= 4 is 5.69 Å². The molecular formula is C21H22N2O. The molecule has 0 saturated heterocycles. The minimum absolute atomic E-state index is 0.592. The summed E-state index contributed by atoms with van der Waals surface area (Å²) in [6.45, 7) is 3.41. The second-order valence-electron chi connectivity index (χ2n) is 5.72. The molecular weight excluding hydrogens is 296 g/mol. The highest BCUT2D eigenvalue weighted by Gasteiger charge is 2.02. The predicted octanol–water partition coefficient (Wildman–Crippen LogP) is 4.69. The van der Waals surface area contributed by atoms with Gasteiger partial charge in [0.25, 0.3) is 0 Å². The van der Waals surface area contributed by atoms with E-state index in [1.807, 2.05) is 54.6 Å². The molecule has 0 atom stereocenters. The lowest BCUT2D eigenvalue weighted by molar-refractivity contribution is 0.304. The van der Waals surface area contributed by atoms with Crippen LogP contribution in [0.15, 0.2) is 78.9 Å². The van der Waals surface area contributed by atoms with E-state index < -0.39 is 0 Å². The van der Waals surface area contributed by atoms with Gasteiger partial charge in [0.05, 0.1) is 0 Å². The Morgan fingerprint density at radius 3 is 2.21 bits per heavy atom. The van der Waals surface area contributed by atoms with Gasteiger partial charge in [0.1, 0.15) is 12.4 Å². The van der Waals surface area contributed by atoms with Crippen molar-refractivity contribution in [3.8, 4) is 5.75 Å². The Balaban J connectivity index is 1.52. The van der Waals surface area contributed by atoms with E-state index in [1.165, 1.54) is 11.1 Å². The van der Waals surface area contributed by atoms with Crippen molar-refractivity contribution in [1.29, 1.82) is 0 Å². The number of hydrogen-bond acceptors (Lipinski definition) is 3. The monoisotopic (exact) mass is 318 g/mol. The number of para-hydroxylation sites is 1. The molecule has 0 saturated carbocycles. The van der Waals surface area contributed by atoms with Crippen LogP contribution < -0.4 is 15.6 Å². The predicted molar refractivity (Wildman–Crippen MR) is 98.9 cm³/mol. The van der Waals surface area contributed by atoms with Crippen LogP contribution in [0.2, 0.25) is 0 Å². The minimum Gasteiger partial charge on any atom is -0.489 e. The van der Waals surface area contributed by atoms with Crippen LogP contribution in [0.3, 0.4) is 0 Å². The van der Waals surface area contributed by atoms with Gasteiger partial charge in [-0.25, -0.2) is 5.43 Å². The summed E-state index contributed by atoms with van der Waals surface area (Å²) in [5.41, 5.74) is 11.0. The van der Waals surface area contributed by atoms with Gasteiger partial charge in [-0.3, -0.25) is 0 Å². The Kier molecular flexibility index (Phi) is 5.48. The Labute approximate surface area is 143 Å². The molecule has 0 spiro atoms. The molecule has 3 heteroatoms. The van der Waals surface area contributed by atoms with Gasteiger partial charge < -0.3 is 10.2 Å². The third-order valence-corrected chi connectivity index (χ3v) is 3.78. The van der Waals surface area contributed by atoms with E-state index >= 15 is 0 Å². The maximum atomic E-state index is 5.92. The van der Waals surface area contributed by atoms with Gasteiger partial charge in [-0.15, -0.1) is 0 Å². The number of ether oxygens (including phenoxy) is 1. The molecule has 0 radical (unpaired) electrons. The van der Waals surface area contributed by atoms with Gasteiger partial charge in [0.15, 0.2) is 0 Å². The van der Waals surface area contributed by atoms with Gasteiger partial charge in [-0.1, -0.05) is 60.7 Å². The highest BCUT2D eigenvalue weighted by atomic mass is 16.5. The molecule has 3 aromatic rings. The third kappa shape index (κ3) is 4.61. The number of benzene rings is 3. The zero-order valence-electron chi connectivity index (χ0n) is 13.8. The van der Waals surface area contributed by atoms with Gasteiger partial charge in [0.2, 0.25) is 0 Å². The Bertz CT molecular complexity index is 757. The standard InChI is InChI=1S/C21H22N2O/c1-17-14-19(15-22-23-20-10-6-3-7-11-20)12-13-21(17)24-16-18-8-4-2-5-9-18/h2-14,22-23H,15-16H2,1H3. The van der Waals surface area contributed by atoms with Crippen molar-refractivity contribution < 1.29 is 4.74 Å². The summed E-state index contributed by atoms with van der Waals surface area (Å²) in [5, 5.41) is 0. The fraction of sp³-hybridized carbons (Fsp3) is 0.143. The van der Waals surface area contributed by atoms with Crippen molar-refractivity contribution in [1.82, 2.24) is 5.43 Å². The molecule has 0 aromatic heterocycles. The Morgan fingerprint density at radius 2 is 1.50 bits per heavy atom. The lowest BCUT2D eigenvalue weighted by Gasteiger charge is -2.12. The molecule has 3 rings (SSSR count). The van der Waals surface area contributed by atoms with E-state index in [1.54, 1.807) is 0 Å². The van der Waals surface area contributed by atoms with Crippen LogP contribution in [-0.2, 0) is 13.2 Å². The molecule has 0 aliphatic rings. The van der Waals surface area contributed by atoms with E-state index in [0.717, 1.165) is 23.5 Å². The smallest absolute Gasteiger partial charge is 0.122 e. The first-order valence-corrected chi connectivity index (χ1v) is 8.11. The fourth-order valence-electron chi connectivity index (χ4n) is 2.49. The second kappa shape index (κ2) is 8.18. The third-order valence-electron chi connectivity index (χ3n) is 3.78. The molecule has 0 aliphatic heterocycles. The molecule has 0 aliphatic carbocycles. The van der Waals surface area contributed by atoms with E-state index in [-0.39, 0.29) is 0 Å². The fourth-order valence-corrected chi connectivity index (χ4v) is 2.49. The minimum atomic E-state index is 0.592. The highest BCUT2D eigenvalue weighted by molar-refractivity contribution is 5.41. The molecule has 2 N–H and O–H groups in total. The van der Waals surface area contributed by atoms with Gasteiger partial charge in [-0.2, -0.15) is 0 Å². The summed E-state index contributed by atoms with van der Waals surface area (Å²) >= 11 is 0. The first kappa shape index (κ1) is 16.1. The SMILES string of the molecule is Cc1cc(CNNc2ccccc2)ccc1OCc1ccccc1. The zero-order chi connectivity index (χ0) is 16.6. The van der Waals surface area contributed by atoms with Crippen molar-refractivity contribution in [2.75, 3.05) is 5.43 Å². The van der Waals surface area contributed by atoms with Gasteiger partial charge in [-0.05, 0) is 41.8 Å². The topological polar surface area (TPSA) is 33.3 Å². The van der Waals surface area contributed by atoms with E-state index in [2.05, 4.69) is 42.0 Å². The number of aryl methyl sites for hydroxylation is 1. The normalized spacial score (nSPS) is 10.4. The lowest BCUT2D eigenvalue weighted by Crippen LogP contribution is -2.20. The maximum Gasteiger partial charge on any atom is 0.122 e. The molecule has 3 aromatic carbocycles. The van der Waals surface area contributed by atoms with Crippen LogP contribution >= 0.6 is 0 Å². The van der Waals surface area contributed by atoms with Crippen molar-refractivity contribution in [2.45, 2.75) is 20.1 Å². The maximum absolute atomic E-state index is 5.92. The summed E-state index contributed by atoms with van der Waals surface area (Å²) in [6.07, 6.45) is 0. The molecule has 0 unspecified atom stereocenters. The molecule has 122 valence electrons. The molecule has 0 fully saturated rings. The van der Waals surface area contributed by atoms with Crippen LogP contribution in [0.1, 0.15) is 16.7 Å². The molecule has 0 heterocycles. The number of hydrazine groups is 1. The first-order chi connectivity index (χ1) is 11.8. The Morgan fingerprint density at radius 1 is 0.792 bits per heavy atom. The molecule has 24 heavy (non-hydrogen) atoms. The number of anilines is 1. The summed E-state index contributed by atoms with van der Waals surface area (Å²) in [5.74, 6) is 0.929. The largest absolute Gasteiger partial charge is 0.489 e. The zero-order valence-corrected chi connectivity index (χ0v) is 13.8. The van der Waals surface area contributed by atoms with E-state index in [9.17, 15) is 0 Å². The summed E-state index contributed by atoms with van der Waals surface area (Å²) < 4.78 is 5.92. The van der Waals surface area contributed by atoms with Crippen LogP contribution in [0, 0.1) is 6.92 Å². The number of hydrogen-bond donors (Lipinski definition) is 2. The van der Waals surface area contributed by atoms with Crippen LogP contribution in [0.5, 0.6) is 5.75 Å². The Hall–Kier alpha value is -2.78. The number of rotatable bonds is 7. The van der Waals surface area contributed by atoms with Crippen LogP contribution in [-0.4, -0.2) is 0 Å². The molecule has 0 bridgehead atoms. The summed E-state index contributed by atoms with van der Waals surface area (Å²) in [7, 11) is 0. The van der Waals surface area contributed by atoms with Crippen molar-refractivity contribution in [2.24, 2.45) is 0 Å². The highest BCUT2D eigenvalue weighted by Crippen LogP contribution is 2.20. The quantitative estimate of drug-likeness (QED) is 0.620. The second-order valence-corrected chi connectivity index (χ2v) is 5.72. The average Bonchev–Trinajstić information content (AvgIpc) is 2.63. The van der Waals surface area contributed by atoms with Gasteiger partial charge >= 0.3 is 0 Å². The van der Waals surface area contributed by atoms with Crippen LogP contribution in [0.4, 0.5) is 5.69 Å². The van der Waals surface area contributed by atoms with Crippen LogP contribution in [0.25, 0.3) is 0 Å². The van der Waals surface area contributed by atoms with E-state index in [4.69, 9.17) is 4.74 Å². The number of nitrogens with one attached hydrogen (secondary N) is 2. The lowest BCUT2D eigenvalue weighted by atomic mass is 10.1. The molecule has 3 nitrogen and oxygen atoms in total. The summed E-state index contributed by atoms with van der Waals surface area (Å²) in [6, 6.07) is 26.6. The summed E-state index contributed by atoms with van der Waals surface area (Å²) in [4.78, 5) is 0. The van der Waals surface area contributed by atoms with Gasteiger partial charge in [0, 0.05) is 12.2 Å². The first-order valence-electron chi connectivity index (χ1n) is 8.11. The van der Waals surface area contributed by atoms with Crippen molar-refractivity contribution in [3.05, 3.63) is 95.6 Å². The average molecular weight is 318 g/mol. The van der Waals surface area contributed by atoms with Crippen molar-refractivity contribution in [3.63, 3.8) is 0 Å².